The zero-order valence-corrected chi connectivity index (χ0v) is 8.91. The van der Waals surface area contributed by atoms with Gasteiger partial charge >= 0.3 is 5.72 Å². The Morgan fingerprint density at radius 3 is 2.44 bits per heavy atom. The minimum Gasteiger partial charge on any atom is -0.323 e. The molecule has 0 amide bonds. The molecule has 4 nitrogen and oxygen atoms in total. The molecule has 0 saturated carbocycles. The molecule has 1 aromatic rings. The molecule has 0 aromatic heterocycles. The van der Waals surface area contributed by atoms with Crippen molar-refractivity contribution in [3.63, 3.8) is 0 Å². The first-order valence-corrected chi connectivity index (χ1v) is 4.84. The van der Waals surface area contributed by atoms with Crippen LogP contribution in [-0.4, -0.2) is 10.0 Å². The summed E-state index contributed by atoms with van der Waals surface area (Å²) in [6, 6.07) is 8.06. The Hall–Kier alpha value is -1.94. The highest BCUT2D eigenvalue weighted by Crippen LogP contribution is 2.23. The fraction of sp³-hybridized carbons (Fsp3) is 0.167. The lowest BCUT2D eigenvalue weighted by atomic mass is 10.0. The van der Waals surface area contributed by atoms with Crippen LogP contribution in [0.2, 0.25) is 0 Å². The van der Waals surface area contributed by atoms with Crippen LogP contribution in [-0.2, 0) is 5.72 Å². The van der Waals surface area contributed by atoms with Crippen LogP contribution in [0.4, 0.5) is 0 Å². The van der Waals surface area contributed by atoms with Crippen molar-refractivity contribution < 1.29 is 10.0 Å². The van der Waals surface area contributed by atoms with Gasteiger partial charge in [0.25, 0.3) is 0 Å². The van der Waals surface area contributed by atoms with Crippen molar-refractivity contribution in [3.8, 4) is 0 Å². The molecule has 0 aliphatic carbocycles. The Kier molecular flexibility index (Phi) is 3.96. The summed E-state index contributed by atoms with van der Waals surface area (Å²) in [5.41, 5.74) is -1.93. The Bertz CT molecular complexity index is 412. The first-order chi connectivity index (χ1) is 7.61. The fourth-order valence-electron chi connectivity index (χ4n) is 1.25. The summed E-state index contributed by atoms with van der Waals surface area (Å²) in [7, 11) is 0. The van der Waals surface area contributed by atoms with Gasteiger partial charge in [-0.2, -0.15) is 0 Å². The molecule has 1 aromatic carbocycles. The zero-order chi connectivity index (χ0) is 12.0. The number of nitro groups is 1. The molecule has 0 spiro atoms. The highest BCUT2D eigenvalue weighted by Gasteiger charge is 2.39. The van der Waals surface area contributed by atoms with E-state index < -0.39 is 10.6 Å². The standard InChI is InChI=1S/C12H13NO3/c1-2-3-7-10-12(14,13(15)16)11-8-5-4-6-9-11/h2-10,14H,1H3. The number of hydrogen-bond acceptors (Lipinski definition) is 3. The van der Waals surface area contributed by atoms with E-state index in [2.05, 4.69) is 0 Å². The second-order valence-corrected chi connectivity index (χ2v) is 3.23. The quantitative estimate of drug-likeness (QED) is 0.365. The monoisotopic (exact) mass is 219 g/mol. The van der Waals surface area contributed by atoms with Crippen molar-refractivity contribution in [1.82, 2.24) is 0 Å². The predicted octanol–water partition coefficient (Wildman–Crippen LogP) is 2.24. The molecule has 1 atom stereocenters. The third-order valence-corrected chi connectivity index (χ3v) is 2.11. The molecule has 0 aliphatic rings. The lowest BCUT2D eigenvalue weighted by Crippen LogP contribution is -2.32. The van der Waals surface area contributed by atoms with Crippen molar-refractivity contribution >= 4 is 0 Å². The van der Waals surface area contributed by atoms with E-state index in [4.69, 9.17) is 0 Å². The molecular weight excluding hydrogens is 206 g/mol. The van der Waals surface area contributed by atoms with Crippen molar-refractivity contribution in [1.29, 1.82) is 0 Å². The Morgan fingerprint density at radius 2 is 1.94 bits per heavy atom. The molecule has 0 fully saturated rings. The second-order valence-electron chi connectivity index (χ2n) is 3.23. The second kappa shape index (κ2) is 5.23. The third-order valence-electron chi connectivity index (χ3n) is 2.11. The highest BCUT2D eigenvalue weighted by atomic mass is 16.7. The highest BCUT2D eigenvalue weighted by molar-refractivity contribution is 5.25. The van der Waals surface area contributed by atoms with Gasteiger partial charge < -0.3 is 5.11 Å². The van der Waals surface area contributed by atoms with E-state index in [1.807, 2.05) is 0 Å². The van der Waals surface area contributed by atoms with E-state index in [1.54, 1.807) is 37.3 Å². The molecule has 1 N–H and O–H groups in total. The number of nitrogens with zero attached hydrogens (tertiary/aromatic N) is 1. The molecule has 0 bridgehead atoms. The number of allylic oxidation sites excluding steroid dienone is 3. The zero-order valence-electron chi connectivity index (χ0n) is 8.91. The van der Waals surface area contributed by atoms with E-state index in [0.717, 1.165) is 6.08 Å². The minimum absolute atomic E-state index is 0.237. The number of benzene rings is 1. The summed E-state index contributed by atoms with van der Waals surface area (Å²) in [6.45, 7) is 1.79. The number of rotatable bonds is 4. The number of hydrogen-bond donors (Lipinski definition) is 1. The van der Waals surface area contributed by atoms with Crippen molar-refractivity contribution in [3.05, 3.63) is 70.3 Å². The molecule has 16 heavy (non-hydrogen) atoms. The van der Waals surface area contributed by atoms with Crippen LogP contribution < -0.4 is 0 Å². The van der Waals surface area contributed by atoms with Gasteiger partial charge in [0.2, 0.25) is 0 Å². The average Bonchev–Trinajstić information content (AvgIpc) is 2.30. The Balaban J connectivity index is 3.12. The molecule has 4 heteroatoms. The summed E-state index contributed by atoms with van der Waals surface area (Å²) in [4.78, 5) is 10.2. The number of aliphatic hydroxyl groups is 1. The normalized spacial score (nSPS) is 15.4. The maximum atomic E-state index is 10.9. The maximum absolute atomic E-state index is 10.9. The lowest BCUT2D eigenvalue weighted by Gasteiger charge is -2.14. The first kappa shape index (κ1) is 12.1. The van der Waals surface area contributed by atoms with Crippen LogP contribution in [0, 0.1) is 10.1 Å². The van der Waals surface area contributed by atoms with Crippen LogP contribution in [0.3, 0.4) is 0 Å². The van der Waals surface area contributed by atoms with E-state index in [9.17, 15) is 15.2 Å². The van der Waals surface area contributed by atoms with Gasteiger partial charge in [0.1, 0.15) is 0 Å². The summed E-state index contributed by atoms with van der Waals surface area (Å²) in [5, 5.41) is 20.9. The lowest BCUT2D eigenvalue weighted by molar-refractivity contribution is -0.618. The van der Waals surface area contributed by atoms with E-state index in [1.165, 1.54) is 18.2 Å². The van der Waals surface area contributed by atoms with Gasteiger partial charge in [-0.1, -0.05) is 36.4 Å². The van der Waals surface area contributed by atoms with E-state index >= 15 is 0 Å². The van der Waals surface area contributed by atoms with Crippen molar-refractivity contribution in [2.24, 2.45) is 0 Å². The van der Waals surface area contributed by atoms with Gasteiger partial charge in [0.05, 0.1) is 10.5 Å². The maximum Gasteiger partial charge on any atom is 0.369 e. The molecule has 84 valence electrons. The van der Waals surface area contributed by atoms with Gasteiger partial charge in [0.15, 0.2) is 0 Å². The van der Waals surface area contributed by atoms with Crippen LogP contribution in [0.25, 0.3) is 0 Å². The van der Waals surface area contributed by atoms with Gasteiger partial charge in [-0.3, -0.25) is 10.1 Å². The molecular formula is C12H13NO3. The van der Waals surface area contributed by atoms with E-state index in [-0.39, 0.29) is 5.56 Å². The largest absolute Gasteiger partial charge is 0.369 e. The van der Waals surface area contributed by atoms with Crippen LogP contribution in [0.1, 0.15) is 12.5 Å². The average molecular weight is 219 g/mol. The van der Waals surface area contributed by atoms with Crippen molar-refractivity contribution in [2.75, 3.05) is 0 Å². The van der Waals surface area contributed by atoms with Crippen LogP contribution in [0.15, 0.2) is 54.6 Å². The Morgan fingerprint density at radius 1 is 1.31 bits per heavy atom. The van der Waals surface area contributed by atoms with Gasteiger partial charge in [-0.15, -0.1) is 0 Å². The molecule has 0 radical (unpaired) electrons. The third kappa shape index (κ3) is 2.55. The SMILES string of the molecule is CC=CC=CC(O)(c1ccccc1)[N+](=O)[O-]. The summed E-state index contributed by atoms with van der Waals surface area (Å²) in [6.07, 6.45) is 5.96. The molecule has 0 saturated heterocycles. The fourth-order valence-corrected chi connectivity index (χ4v) is 1.25. The molecule has 1 unspecified atom stereocenters. The molecule has 0 aliphatic heterocycles. The van der Waals surface area contributed by atoms with E-state index in [0.29, 0.717) is 0 Å². The smallest absolute Gasteiger partial charge is 0.323 e. The van der Waals surface area contributed by atoms with Gasteiger partial charge in [-0.05, 0) is 19.1 Å². The van der Waals surface area contributed by atoms with Crippen LogP contribution in [0.5, 0.6) is 0 Å². The molecule has 1 rings (SSSR count). The summed E-state index contributed by atoms with van der Waals surface area (Å²) in [5.74, 6) is 0. The predicted molar refractivity (Wildman–Crippen MR) is 61.3 cm³/mol. The summed E-state index contributed by atoms with van der Waals surface area (Å²) >= 11 is 0. The van der Waals surface area contributed by atoms with Gasteiger partial charge in [0, 0.05) is 6.08 Å². The van der Waals surface area contributed by atoms with Crippen LogP contribution >= 0.6 is 0 Å². The molecule has 0 heterocycles. The van der Waals surface area contributed by atoms with Gasteiger partial charge in [-0.25, -0.2) is 0 Å². The minimum atomic E-state index is -2.17. The Labute approximate surface area is 93.7 Å². The van der Waals surface area contributed by atoms with Crippen molar-refractivity contribution in [2.45, 2.75) is 12.6 Å². The topological polar surface area (TPSA) is 63.4 Å². The summed E-state index contributed by atoms with van der Waals surface area (Å²) < 4.78 is 0. The first-order valence-electron chi connectivity index (χ1n) is 4.84.